The molecule has 2 aliphatic rings. The van der Waals surface area contributed by atoms with E-state index in [1.54, 1.807) is 7.11 Å². The minimum atomic E-state index is -0.652. The van der Waals surface area contributed by atoms with Crippen molar-refractivity contribution in [2.24, 2.45) is 11.3 Å². The minimum Gasteiger partial charge on any atom is -0.481 e. The van der Waals surface area contributed by atoms with E-state index in [0.29, 0.717) is 19.7 Å². The second-order valence-electron chi connectivity index (χ2n) is 7.46. The number of carboxylic acid groups (broad SMARTS) is 1. The van der Waals surface area contributed by atoms with Gasteiger partial charge in [0.25, 0.3) is 0 Å². The van der Waals surface area contributed by atoms with Crippen LogP contribution in [0.2, 0.25) is 0 Å². The van der Waals surface area contributed by atoms with Crippen LogP contribution in [0.25, 0.3) is 10.9 Å². The zero-order chi connectivity index (χ0) is 17.4. The van der Waals surface area contributed by atoms with E-state index in [9.17, 15) is 9.90 Å². The highest BCUT2D eigenvalue weighted by atomic mass is 16.5. The van der Waals surface area contributed by atoms with Crippen molar-refractivity contribution < 1.29 is 14.6 Å². The van der Waals surface area contributed by atoms with Gasteiger partial charge in [0, 0.05) is 64.0 Å². The quantitative estimate of drug-likeness (QED) is 0.834. The maximum absolute atomic E-state index is 12.1. The molecule has 0 saturated carbocycles. The van der Waals surface area contributed by atoms with Gasteiger partial charge >= 0.3 is 5.97 Å². The summed E-state index contributed by atoms with van der Waals surface area (Å²) in [5.74, 6) is -0.459. The molecule has 134 valence electrons. The average Bonchev–Trinajstić information content (AvgIpc) is 3.24. The monoisotopic (exact) mass is 343 g/mol. The number of ether oxygens (including phenoxy) is 1. The van der Waals surface area contributed by atoms with E-state index >= 15 is 0 Å². The molecule has 1 aromatic carbocycles. The van der Waals surface area contributed by atoms with Crippen molar-refractivity contribution >= 4 is 16.9 Å². The van der Waals surface area contributed by atoms with Crippen molar-refractivity contribution in [3.63, 3.8) is 0 Å². The Bertz CT molecular complexity index is 774. The fourth-order valence-corrected chi connectivity index (χ4v) is 4.55. The average molecular weight is 343 g/mol. The molecule has 25 heavy (non-hydrogen) atoms. The van der Waals surface area contributed by atoms with Gasteiger partial charge in [-0.05, 0) is 29.1 Å². The summed E-state index contributed by atoms with van der Waals surface area (Å²) in [7, 11) is 1.69. The Hall–Kier alpha value is -1.89. The molecule has 2 fully saturated rings. The Morgan fingerprint density at radius 1 is 1.32 bits per heavy atom. The number of aliphatic carboxylic acids is 1. The van der Waals surface area contributed by atoms with Crippen molar-refractivity contribution in [2.45, 2.75) is 6.54 Å². The number of nitrogens with zero attached hydrogens (tertiary/aromatic N) is 2. The summed E-state index contributed by atoms with van der Waals surface area (Å²) < 4.78 is 5.15. The first-order valence-electron chi connectivity index (χ1n) is 8.84. The van der Waals surface area contributed by atoms with Crippen LogP contribution in [0.4, 0.5) is 0 Å². The van der Waals surface area contributed by atoms with Gasteiger partial charge in [-0.25, -0.2) is 0 Å². The van der Waals surface area contributed by atoms with Crippen molar-refractivity contribution in [2.75, 3.05) is 46.4 Å². The molecule has 6 heteroatoms. The van der Waals surface area contributed by atoms with Crippen LogP contribution in [0.1, 0.15) is 5.56 Å². The predicted molar refractivity (Wildman–Crippen MR) is 95.5 cm³/mol. The molecule has 2 aromatic rings. The fraction of sp³-hybridized carbons (Fsp3) is 0.526. The van der Waals surface area contributed by atoms with Crippen molar-refractivity contribution in [1.29, 1.82) is 0 Å². The van der Waals surface area contributed by atoms with Crippen molar-refractivity contribution in [3.05, 3.63) is 36.0 Å². The van der Waals surface area contributed by atoms with Crippen LogP contribution >= 0.6 is 0 Å². The standard InChI is InChI=1S/C19H25N3O3/c1-25-7-6-21-10-16-11-22(13-19(16,12-21)18(23)24)9-14-2-3-17-15(8-14)4-5-20-17/h2-5,8,16,20H,6-7,9-13H2,1H3,(H,23,24)/t16-,19-/m1/s1. The number of hydrogen-bond donors (Lipinski definition) is 2. The first-order chi connectivity index (χ1) is 12.1. The number of H-pyrrole nitrogens is 1. The lowest BCUT2D eigenvalue weighted by Crippen LogP contribution is -2.41. The number of methoxy groups -OCH3 is 1. The highest BCUT2D eigenvalue weighted by Crippen LogP contribution is 2.43. The van der Waals surface area contributed by atoms with E-state index in [2.05, 4.69) is 39.0 Å². The summed E-state index contributed by atoms with van der Waals surface area (Å²) in [5.41, 5.74) is 1.74. The van der Waals surface area contributed by atoms with Crippen molar-refractivity contribution in [1.82, 2.24) is 14.8 Å². The largest absolute Gasteiger partial charge is 0.481 e. The molecule has 3 heterocycles. The summed E-state index contributed by atoms with van der Waals surface area (Å²) in [4.78, 5) is 19.8. The maximum Gasteiger partial charge on any atom is 0.312 e. The summed E-state index contributed by atoms with van der Waals surface area (Å²) in [6.07, 6.45) is 1.95. The van der Waals surface area contributed by atoms with Gasteiger partial charge in [0.1, 0.15) is 0 Å². The van der Waals surface area contributed by atoms with Crippen molar-refractivity contribution in [3.8, 4) is 0 Å². The topological polar surface area (TPSA) is 68.8 Å². The first-order valence-corrected chi connectivity index (χ1v) is 8.84. The molecule has 0 unspecified atom stereocenters. The highest BCUT2D eigenvalue weighted by molar-refractivity contribution is 5.80. The van der Waals surface area contributed by atoms with Crippen LogP contribution < -0.4 is 0 Å². The Morgan fingerprint density at radius 3 is 2.88 bits per heavy atom. The van der Waals surface area contributed by atoms with Crippen LogP contribution in [0.5, 0.6) is 0 Å². The Balaban J connectivity index is 1.47. The third kappa shape index (κ3) is 2.94. The molecule has 6 nitrogen and oxygen atoms in total. The number of hydrogen-bond acceptors (Lipinski definition) is 4. The van der Waals surface area contributed by atoms with Gasteiger partial charge in [0.2, 0.25) is 0 Å². The van der Waals surface area contributed by atoms with Crippen LogP contribution in [0, 0.1) is 11.3 Å². The van der Waals surface area contributed by atoms with Crippen LogP contribution in [-0.2, 0) is 16.1 Å². The van der Waals surface area contributed by atoms with E-state index in [1.807, 2.05) is 6.20 Å². The summed E-state index contributed by atoms with van der Waals surface area (Å²) in [6.45, 7) is 5.23. The Labute approximate surface area is 147 Å². The normalized spacial score (nSPS) is 27.2. The molecule has 0 amide bonds. The SMILES string of the molecule is COCCN1C[C@@H]2CN(Cc3ccc4[nH]ccc4c3)C[C@]2(C(=O)O)C1. The molecule has 4 rings (SSSR count). The smallest absolute Gasteiger partial charge is 0.312 e. The van der Waals surface area contributed by atoms with Gasteiger partial charge in [0.05, 0.1) is 12.0 Å². The van der Waals surface area contributed by atoms with E-state index in [4.69, 9.17) is 4.74 Å². The number of carboxylic acids is 1. The number of carbonyl (C=O) groups is 1. The van der Waals surface area contributed by atoms with E-state index in [0.717, 1.165) is 31.7 Å². The molecular weight excluding hydrogens is 318 g/mol. The maximum atomic E-state index is 12.1. The number of rotatable bonds is 6. The third-order valence-corrected chi connectivity index (χ3v) is 5.81. The zero-order valence-electron chi connectivity index (χ0n) is 14.6. The van der Waals surface area contributed by atoms with Crippen LogP contribution in [0.15, 0.2) is 30.5 Å². The van der Waals surface area contributed by atoms with E-state index < -0.39 is 11.4 Å². The molecule has 2 N–H and O–H groups in total. The van der Waals surface area contributed by atoms with Gasteiger partial charge in [-0.3, -0.25) is 14.6 Å². The minimum absolute atomic E-state index is 0.192. The highest BCUT2D eigenvalue weighted by Gasteiger charge is 2.57. The van der Waals surface area contributed by atoms with Gasteiger partial charge in [-0.2, -0.15) is 0 Å². The molecule has 2 atom stereocenters. The van der Waals surface area contributed by atoms with Gasteiger partial charge < -0.3 is 14.8 Å². The van der Waals surface area contributed by atoms with E-state index in [-0.39, 0.29) is 5.92 Å². The Kier molecular flexibility index (Phi) is 4.27. The van der Waals surface area contributed by atoms with Crippen LogP contribution in [-0.4, -0.2) is 72.3 Å². The number of likely N-dealkylation sites (tertiary alicyclic amines) is 2. The van der Waals surface area contributed by atoms with Gasteiger partial charge in [-0.15, -0.1) is 0 Å². The second kappa shape index (κ2) is 6.44. The molecule has 2 aliphatic heterocycles. The first kappa shape index (κ1) is 16.6. The van der Waals surface area contributed by atoms with Gasteiger partial charge in [-0.1, -0.05) is 6.07 Å². The molecular formula is C19H25N3O3. The lowest BCUT2D eigenvalue weighted by molar-refractivity contribution is -0.149. The predicted octanol–water partition coefficient (Wildman–Crippen LogP) is 1.63. The fourth-order valence-electron chi connectivity index (χ4n) is 4.55. The Morgan fingerprint density at radius 2 is 2.12 bits per heavy atom. The second-order valence-corrected chi connectivity index (χ2v) is 7.46. The third-order valence-electron chi connectivity index (χ3n) is 5.81. The lowest BCUT2D eigenvalue weighted by atomic mass is 9.81. The summed E-state index contributed by atoms with van der Waals surface area (Å²) in [5, 5.41) is 11.1. The number of fused-ring (bicyclic) bond motifs is 2. The number of aromatic nitrogens is 1. The van der Waals surface area contributed by atoms with Gasteiger partial charge in [0.15, 0.2) is 0 Å². The number of nitrogens with one attached hydrogen (secondary N) is 1. The number of aromatic amines is 1. The lowest BCUT2D eigenvalue weighted by Gasteiger charge is -2.25. The molecule has 0 radical (unpaired) electrons. The van der Waals surface area contributed by atoms with E-state index in [1.165, 1.54) is 10.9 Å². The number of benzene rings is 1. The molecule has 0 aliphatic carbocycles. The molecule has 1 aromatic heterocycles. The zero-order valence-corrected chi connectivity index (χ0v) is 14.6. The van der Waals surface area contributed by atoms with Crippen LogP contribution in [0.3, 0.4) is 0 Å². The molecule has 0 bridgehead atoms. The summed E-state index contributed by atoms with van der Waals surface area (Å²) in [6, 6.07) is 8.49. The molecule has 0 spiro atoms. The summed E-state index contributed by atoms with van der Waals surface area (Å²) >= 11 is 0. The molecule has 2 saturated heterocycles.